The smallest absolute Gasteiger partial charge is 0.354 e. The maximum atomic E-state index is 12.4. The number of anilines is 3. The Kier molecular flexibility index (Phi) is 6.18. The molecule has 0 spiro atoms. The Bertz CT molecular complexity index is 897. The minimum absolute atomic E-state index is 0.0941. The van der Waals surface area contributed by atoms with Crippen LogP contribution in [0.5, 0.6) is 0 Å². The standard InChI is InChI=1S/C18H21ClN4O3S/c19-13-6-8-15(9-7-13)21-16-10-11-20-12-17(16)23-27(25,26)18(24)22-14-4-2-1-3-5-14/h6-12,14,23H,1-5H2,(H,20,21)(H,22,24). The molecular weight excluding hydrogens is 388 g/mol. The van der Waals surface area contributed by atoms with Crippen molar-refractivity contribution in [3.8, 4) is 0 Å². The Labute approximate surface area is 163 Å². The maximum Gasteiger partial charge on any atom is 0.357 e. The first-order valence-corrected chi connectivity index (χ1v) is 10.6. The van der Waals surface area contributed by atoms with E-state index in [4.69, 9.17) is 11.6 Å². The molecule has 0 atom stereocenters. The second-order valence-electron chi connectivity index (χ2n) is 6.43. The van der Waals surface area contributed by atoms with Crippen LogP contribution in [0.3, 0.4) is 0 Å². The number of carbonyl (C=O) groups is 1. The van der Waals surface area contributed by atoms with E-state index < -0.39 is 15.3 Å². The zero-order valence-electron chi connectivity index (χ0n) is 14.6. The molecule has 0 saturated heterocycles. The average Bonchev–Trinajstić information content (AvgIpc) is 2.66. The summed E-state index contributed by atoms with van der Waals surface area (Å²) >= 11 is 5.87. The topological polar surface area (TPSA) is 100 Å². The molecule has 1 aromatic heterocycles. The van der Waals surface area contributed by atoms with Crippen molar-refractivity contribution in [3.63, 3.8) is 0 Å². The highest BCUT2D eigenvalue weighted by Gasteiger charge is 2.26. The highest BCUT2D eigenvalue weighted by molar-refractivity contribution is 8.07. The molecule has 3 N–H and O–H groups in total. The average molecular weight is 409 g/mol. The van der Waals surface area contributed by atoms with Crippen molar-refractivity contribution in [2.45, 2.75) is 38.1 Å². The molecule has 144 valence electrons. The van der Waals surface area contributed by atoms with Crippen molar-refractivity contribution >= 4 is 43.9 Å². The summed E-state index contributed by atoms with van der Waals surface area (Å²) in [6.45, 7) is 0. The van der Waals surface area contributed by atoms with Crippen LogP contribution in [-0.4, -0.2) is 24.7 Å². The van der Waals surface area contributed by atoms with Gasteiger partial charge in [-0.2, -0.15) is 8.42 Å². The van der Waals surface area contributed by atoms with E-state index in [1.54, 1.807) is 30.3 Å². The van der Waals surface area contributed by atoms with Gasteiger partial charge in [0, 0.05) is 22.9 Å². The van der Waals surface area contributed by atoms with Crippen LogP contribution < -0.4 is 15.4 Å². The van der Waals surface area contributed by atoms with E-state index in [1.165, 1.54) is 12.4 Å². The number of benzene rings is 1. The molecule has 0 bridgehead atoms. The number of sulfonamides is 1. The van der Waals surface area contributed by atoms with Gasteiger partial charge in [0.2, 0.25) is 0 Å². The molecule has 2 aromatic rings. The Morgan fingerprint density at radius 1 is 1.04 bits per heavy atom. The molecular formula is C18H21ClN4O3S. The zero-order chi connectivity index (χ0) is 19.3. The maximum absolute atomic E-state index is 12.4. The van der Waals surface area contributed by atoms with Crippen molar-refractivity contribution in [2.24, 2.45) is 0 Å². The number of nitrogens with one attached hydrogen (secondary N) is 3. The number of hydrogen-bond donors (Lipinski definition) is 3. The lowest BCUT2D eigenvalue weighted by molar-refractivity contribution is 0.251. The van der Waals surface area contributed by atoms with Crippen LogP contribution in [0.15, 0.2) is 42.7 Å². The molecule has 1 fully saturated rings. The minimum Gasteiger partial charge on any atom is -0.354 e. The second kappa shape index (κ2) is 8.58. The summed E-state index contributed by atoms with van der Waals surface area (Å²) in [6, 6.07) is 8.47. The SMILES string of the molecule is O=C(NC1CCCCC1)S(=O)(=O)Nc1cnccc1Nc1ccc(Cl)cc1. The van der Waals surface area contributed by atoms with Gasteiger partial charge in [0.05, 0.1) is 17.6 Å². The molecule has 1 amide bonds. The van der Waals surface area contributed by atoms with E-state index in [2.05, 4.69) is 20.3 Å². The molecule has 0 aliphatic heterocycles. The van der Waals surface area contributed by atoms with Gasteiger partial charge in [-0.05, 0) is 43.2 Å². The van der Waals surface area contributed by atoms with Gasteiger partial charge in [0.1, 0.15) is 0 Å². The largest absolute Gasteiger partial charge is 0.357 e. The van der Waals surface area contributed by atoms with Crippen LogP contribution >= 0.6 is 11.6 Å². The second-order valence-corrected chi connectivity index (χ2v) is 8.44. The van der Waals surface area contributed by atoms with Crippen LogP contribution in [0, 0.1) is 0 Å². The normalized spacial score (nSPS) is 15.1. The zero-order valence-corrected chi connectivity index (χ0v) is 16.2. The van der Waals surface area contributed by atoms with Gasteiger partial charge in [-0.3, -0.25) is 14.5 Å². The Hall–Kier alpha value is -2.32. The monoisotopic (exact) mass is 408 g/mol. The lowest BCUT2D eigenvalue weighted by Crippen LogP contribution is -2.41. The number of rotatable bonds is 5. The fourth-order valence-electron chi connectivity index (χ4n) is 2.96. The number of halogens is 1. The quantitative estimate of drug-likeness (QED) is 0.686. The van der Waals surface area contributed by atoms with Gasteiger partial charge in [-0.25, -0.2) is 0 Å². The van der Waals surface area contributed by atoms with Crippen molar-refractivity contribution < 1.29 is 13.2 Å². The summed E-state index contributed by atoms with van der Waals surface area (Å²) in [4.78, 5) is 16.2. The lowest BCUT2D eigenvalue weighted by Gasteiger charge is -2.22. The molecule has 27 heavy (non-hydrogen) atoms. The van der Waals surface area contributed by atoms with E-state index in [1.807, 2.05) is 0 Å². The van der Waals surface area contributed by atoms with Crippen LogP contribution in [0.1, 0.15) is 32.1 Å². The van der Waals surface area contributed by atoms with Crippen molar-refractivity contribution in [3.05, 3.63) is 47.7 Å². The van der Waals surface area contributed by atoms with E-state index >= 15 is 0 Å². The van der Waals surface area contributed by atoms with Crippen molar-refractivity contribution in [2.75, 3.05) is 10.0 Å². The summed E-state index contributed by atoms with van der Waals surface area (Å²) in [5.41, 5.74) is 1.38. The van der Waals surface area contributed by atoms with Gasteiger partial charge < -0.3 is 10.6 Å². The first kappa shape index (κ1) is 19.4. The molecule has 1 aromatic carbocycles. The summed E-state index contributed by atoms with van der Waals surface area (Å²) in [5, 5.41) is 5.27. The highest BCUT2D eigenvalue weighted by Crippen LogP contribution is 2.26. The van der Waals surface area contributed by atoms with Crippen LogP contribution in [-0.2, 0) is 10.0 Å². The summed E-state index contributed by atoms with van der Waals surface area (Å²) < 4.78 is 27.2. The number of carbonyl (C=O) groups excluding carboxylic acids is 1. The predicted molar refractivity (Wildman–Crippen MR) is 107 cm³/mol. The number of aromatic nitrogens is 1. The molecule has 0 radical (unpaired) electrons. The third kappa shape index (κ3) is 5.33. The highest BCUT2D eigenvalue weighted by atomic mass is 35.5. The van der Waals surface area contributed by atoms with E-state index in [-0.39, 0.29) is 11.7 Å². The van der Waals surface area contributed by atoms with Gasteiger partial charge in [0.25, 0.3) is 0 Å². The molecule has 9 heteroatoms. The molecule has 1 heterocycles. The Morgan fingerprint density at radius 2 is 1.74 bits per heavy atom. The van der Waals surface area contributed by atoms with E-state index in [0.29, 0.717) is 10.7 Å². The predicted octanol–water partition coefficient (Wildman–Crippen LogP) is 4.26. The number of amides is 1. The molecule has 0 unspecified atom stereocenters. The summed E-state index contributed by atoms with van der Waals surface area (Å²) in [5.74, 6) is 0. The molecule has 7 nitrogen and oxygen atoms in total. The van der Waals surface area contributed by atoms with Gasteiger partial charge in [-0.15, -0.1) is 0 Å². The van der Waals surface area contributed by atoms with E-state index in [9.17, 15) is 13.2 Å². The first-order valence-electron chi connectivity index (χ1n) is 8.74. The fourth-order valence-corrected chi connectivity index (χ4v) is 3.95. The number of nitrogens with zero attached hydrogens (tertiary/aromatic N) is 1. The fraction of sp³-hybridized carbons (Fsp3) is 0.333. The lowest BCUT2D eigenvalue weighted by atomic mass is 9.96. The van der Waals surface area contributed by atoms with Crippen LogP contribution in [0.2, 0.25) is 5.02 Å². The van der Waals surface area contributed by atoms with Gasteiger partial charge in [0.15, 0.2) is 0 Å². The van der Waals surface area contributed by atoms with Crippen molar-refractivity contribution in [1.82, 2.24) is 10.3 Å². The number of pyridine rings is 1. The molecule has 1 saturated carbocycles. The Morgan fingerprint density at radius 3 is 2.44 bits per heavy atom. The molecule has 3 rings (SSSR count). The summed E-state index contributed by atoms with van der Waals surface area (Å²) in [7, 11) is -4.24. The van der Waals surface area contributed by atoms with Crippen molar-refractivity contribution in [1.29, 1.82) is 0 Å². The van der Waals surface area contributed by atoms with Crippen LogP contribution in [0.25, 0.3) is 0 Å². The van der Waals surface area contributed by atoms with Crippen LogP contribution in [0.4, 0.5) is 21.9 Å². The third-order valence-electron chi connectivity index (χ3n) is 4.36. The molecule has 1 aliphatic rings. The molecule has 1 aliphatic carbocycles. The minimum atomic E-state index is -4.24. The van der Waals surface area contributed by atoms with Gasteiger partial charge in [-0.1, -0.05) is 30.9 Å². The van der Waals surface area contributed by atoms with E-state index in [0.717, 1.165) is 37.8 Å². The first-order chi connectivity index (χ1) is 12.9. The van der Waals surface area contributed by atoms with Gasteiger partial charge >= 0.3 is 15.3 Å². The third-order valence-corrected chi connectivity index (χ3v) is 5.71. The Balaban J connectivity index is 1.72. The summed E-state index contributed by atoms with van der Waals surface area (Å²) in [6.07, 6.45) is 7.59. The number of hydrogen-bond acceptors (Lipinski definition) is 5.